The molecule has 0 bridgehead atoms. The lowest BCUT2D eigenvalue weighted by atomic mass is 10.0. The van der Waals surface area contributed by atoms with Crippen LogP contribution < -0.4 is 10.6 Å². The summed E-state index contributed by atoms with van der Waals surface area (Å²) in [6.45, 7) is 4.97. The number of rotatable bonds is 4. The SMILES string of the molecule is Cc1sc(C(C)NC(=O)C2CCCCN2)nc1-c1ccc(Cl)cc1.Cl. The van der Waals surface area contributed by atoms with E-state index in [1.807, 2.05) is 31.2 Å². The topological polar surface area (TPSA) is 54.0 Å². The highest BCUT2D eigenvalue weighted by molar-refractivity contribution is 7.12. The number of carbonyl (C=O) groups excluding carboxylic acids is 1. The fraction of sp³-hybridized carbons (Fsp3) is 0.444. The lowest BCUT2D eigenvalue weighted by Gasteiger charge is -2.24. The highest BCUT2D eigenvalue weighted by Gasteiger charge is 2.23. The van der Waals surface area contributed by atoms with Gasteiger partial charge < -0.3 is 10.6 Å². The summed E-state index contributed by atoms with van der Waals surface area (Å²) in [6.07, 6.45) is 3.16. The molecule has 2 aromatic rings. The van der Waals surface area contributed by atoms with E-state index in [1.54, 1.807) is 11.3 Å². The van der Waals surface area contributed by atoms with Gasteiger partial charge in [-0.3, -0.25) is 4.79 Å². The standard InChI is InChI=1S/C18H22ClN3OS.ClH/c1-11(21-17(23)15-5-3-4-10-20-15)18-22-16(12(2)24-18)13-6-8-14(19)9-7-13;/h6-9,11,15,20H,3-5,10H2,1-2H3,(H,21,23);1H. The van der Waals surface area contributed by atoms with Crippen LogP contribution in [-0.2, 0) is 4.79 Å². The molecular formula is C18H23Cl2N3OS. The van der Waals surface area contributed by atoms with E-state index in [1.165, 1.54) is 0 Å². The minimum absolute atomic E-state index is 0. The second kappa shape index (κ2) is 8.99. The molecule has 2 N–H and O–H groups in total. The molecule has 1 aromatic heterocycles. The van der Waals surface area contributed by atoms with Gasteiger partial charge in [0.2, 0.25) is 5.91 Å². The number of nitrogens with zero attached hydrogens (tertiary/aromatic N) is 1. The summed E-state index contributed by atoms with van der Waals surface area (Å²) in [7, 11) is 0. The minimum Gasteiger partial charge on any atom is -0.346 e. The highest BCUT2D eigenvalue weighted by Crippen LogP contribution is 2.31. The predicted octanol–water partition coefficient (Wildman–Crippen LogP) is 4.51. The Hall–Kier alpha value is -1.14. The van der Waals surface area contributed by atoms with Gasteiger partial charge in [-0.1, -0.05) is 30.2 Å². The second-order valence-corrected chi connectivity index (χ2v) is 7.87. The Kier molecular flexibility index (Phi) is 7.25. The van der Waals surface area contributed by atoms with Crippen LogP contribution in [0, 0.1) is 6.92 Å². The van der Waals surface area contributed by atoms with Crippen LogP contribution in [0.15, 0.2) is 24.3 Å². The van der Waals surface area contributed by atoms with Gasteiger partial charge in [0.1, 0.15) is 5.01 Å². The molecule has 0 saturated carbocycles. The van der Waals surface area contributed by atoms with Crippen LogP contribution in [0.3, 0.4) is 0 Å². The Morgan fingerprint density at radius 1 is 1.36 bits per heavy atom. The normalized spacial score (nSPS) is 18.3. The Labute approximate surface area is 163 Å². The monoisotopic (exact) mass is 399 g/mol. The van der Waals surface area contributed by atoms with Crippen molar-refractivity contribution >= 4 is 41.3 Å². The molecule has 25 heavy (non-hydrogen) atoms. The molecule has 0 radical (unpaired) electrons. The van der Waals surface area contributed by atoms with Gasteiger partial charge in [-0.05, 0) is 45.4 Å². The molecular weight excluding hydrogens is 377 g/mol. The van der Waals surface area contributed by atoms with Crippen LogP contribution in [0.2, 0.25) is 5.02 Å². The minimum atomic E-state index is -0.0917. The van der Waals surface area contributed by atoms with Crippen LogP contribution in [0.4, 0.5) is 0 Å². The van der Waals surface area contributed by atoms with Gasteiger partial charge in [-0.2, -0.15) is 0 Å². The summed E-state index contributed by atoms with van der Waals surface area (Å²) in [6, 6.07) is 7.53. The number of hydrogen-bond acceptors (Lipinski definition) is 4. The first-order chi connectivity index (χ1) is 11.5. The van der Waals surface area contributed by atoms with Crippen molar-refractivity contribution in [2.75, 3.05) is 6.54 Å². The number of hydrogen-bond donors (Lipinski definition) is 2. The van der Waals surface area contributed by atoms with Crippen molar-refractivity contribution in [3.63, 3.8) is 0 Å². The first kappa shape index (κ1) is 20.2. The van der Waals surface area contributed by atoms with Gasteiger partial charge >= 0.3 is 0 Å². The molecule has 1 saturated heterocycles. The molecule has 0 spiro atoms. The van der Waals surface area contributed by atoms with Crippen LogP contribution in [0.1, 0.15) is 42.1 Å². The number of thiazole rings is 1. The number of piperidine rings is 1. The lowest BCUT2D eigenvalue weighted by molar-refractivity contribution is -0.124. The maximum absolute atomic E-state index is 12.4. The number of amides is 1. The van der Waals surface area contributed by atoms with Gasteiger partial charge in [0.05, 0.1) is 17.8 Å². The molecule has 2 heterocycles. The average molecular weight is 400 g/mol. The Morgan fingerprint density at radius 3 is 2.72 bits per heavy atom. The molecule has 1 amide bonds. The van der Waals surface area contributed by atoms with Gasteiger partial charge in [-0.15, -0.1) is 23.7 Å². The van der Waals surface area contributed by atoms with Crippen LogP contribution in [0.25, 0.3) is 11.3 Å². The Balaban J connectivity index is 0.00000225. The van der Waals surface area contributed by atoms with Gasteiger partial charge in [0.15, 0.2) is 0 Å². The fourth-order valence-electron chi connectivity index (χ4n) is 2.93. The summed E-state index contributed by atoms with van der Waals surface area (Å²) in [5.74, 6) is 0.0723. The predicted molar refractivity (Wildman–Crippen MR) is 107 cm³/mol. The maximum atomic E-state index is 12.4. The molecule has 1 aliphatic rings. The molecule has 7 heteroatoms. The van der Waals surface area contributed by atoms with E-state index in [-0.39, 0.29) is 30.4 Å². The van der Waals surface area contributed by atoms with E-state index in [0.29, 0.717) is 5.02 Å². The smallest absolute Gasteiger partial charge is 0.237 e. The number of nitrogens with one attached hydrogen (secondary N) is 2. The van der Waals surface area contributed by atoms with E-state index < -0.39 is 0 Å². The first-order valence-corrected chi connectivity index (χ1v) is 9.51. The molecule has 0 aliphatic carbocycles. The maximum Gasteiger partial charge on any atom is 0.237 e. The van der Waals surface area contributed by atoms with Crippen molar-refractivity contribution in [3.8, 4) is 11.3 Å². The zero-order valence-electron chi connectivity index (χ0n) is 14.3. The zero-order valence-corrected chi connectivity index (χ0v) is 16.7. The van der Waals surface area contributed by atoms with E-state index in [9.17, 15) is 4.79 Å². The number of carbonyl (C=O) groups is 1. The van der Waals surface area contributed by atoms with E-state index in [4.69, 9.17) is 16.6 Å². The van der Waals surface area contributed by atoms with Crippen LogP contribution in [-0.4, -0.2) is 23.5 Å². The summed E-state index contributed by atoms with van der Waals surface area (Å²) in [5.41, 5.74) is 2.01. The van der Waals surface area contributed by atoms with Gasteiger partial charge in [-0.25, -0.2) is 4.98 Å². The number of aryl methyl sites for hydroxylation is 1. The van der Waals surface area contributed by atoms with Gasteiger partial charge in [0, 0.05) is 15.5 Å². The largest absolute Gasteiger partial charge is 0.346 e. The zero-order chi connectivity index (χ0) is 17.1. The molecule has 3 rings (SSSR count). The molecule has 1 aliphatic heterocycles. The Morgan fingerprint density at radius 2 is 2.08 bits per heavy atom. The molecule has 2 atom stereocenters. The Bertz CT molecular complexity index is 712. The van der Waals surface area contributed by atoms with Crippen molar-refractivity contribution in [1.82, 2.24) is 15.6 Å². The molecule has 1 aromatic carbocycles. The first-order valence-electron chi connectivity index (χ1n) is 8.31. The summed E-state index contributed by atoms with van der Waals surface area (Å²) in [5, 5.41) is 8.02. The third-order valence-electron chi connectivity index (χ3n) is 4.29. The number of aromatic nitrogens is 1. The van der Waals surface area contributed by atoms with Gasteiger partial charge in [0.25, 0.3) is 0 Å². The van der Waals surface area contributed by atoms with Crippen LogP contribution in [0.5, 0.6) is 0 Å². The van der Waals surface area contributed by atoms with E-state index in [0.717, 1.165) is 46.9 Å². The molecule has 136 valence electrons. The third-order valence-corrected chi connectivity index (χ3v) is 5.69. The highest BCUT2D eigenvalue weighted by atomic mass is 35.5. The van der Waals surface area contributed by atoms with Crippen molar-refractivity contribution in [1.29, 1.82) is 0 Å². The van der Waals surface area contributed by atoms with E-state index >= 15 is 0 Å². The molecule has 1 fully saturated rings. The van der Waals surface area contributed by atoms with Crippen LogP contribution >= 0.6 is 35.3 Å². The lowest BCUT2D eigenvalue weighted by Crippen LogP contribution is -2.47. The van der Waals surface area contributed by atoms with E-state index in [2.05, 4.69) is 17.6 Å². The van der Waals surface area contributed by atoms with Crippen molar-refractivity contribution in [3.05, 3.63) is 39.2 Å². The third kappa shape index (κ3) is 4.94. The fourth-order valence-corrected chi connectivity index (χ4v) is 4.00. The number of halogens is 2. The quantitative estimate of drug-likeness (QED) is 0.794. The van der Waals surface area contributed by atoms with Crippen molar-refractivity contribution in [2.45, 2.75) is 45.2 Å². The number of benzene rings is 1. The van der Waals surface area contributed by atoms with Crippen molar-refractivity contribution in [2.24, 2.45) is 0 Å². The summed E-state index contributed by atoms with van der Waals surface area (Å²) >= 11 is 7.59. The average Bonchev–Trinajstić information content (AvgIpc) is 2.98. The summed E-state index contributed by atoms with van der Waals surface area (Å²) in [4.78, 5) is 18.3. The molecule has 4 nitrogen and oxygen atoms in total. The molecule has 2 unspecified atom stereocenters. The van der Waals surface area contributed by atoms with Crippen molar-refractivity contribution < 1.29 is 4.79 Å². The second-order valence-electron chi connectivity index (χ2n) is 6.20. The summed E-state index contributed by atoms with van der Waals surface area (Å²) < 4.78 is 0.